The summed E-state index contributed by atoms with van der Waals surface area (Å²) in [6.45, 7) is 0.612. The molecule has 0 aromatic heterocycles. The van der Waals surface area contributed by atoms with Crippen LogP contribution in [0.2, 0.25) is 0 Å². The summed E-state index contributed by atoms with van der Waals surface area (Å²) in [5.74, 6) is -4.92. The molecule has 1 spiro atoms. The molecular weight excluding hydrogens is 678 g/mol. The van der Waals surface area contributed by atoms with Crippen LogP contribution in [-0.4, -0.2) is 99.9 Å². The molecule has 1 saturated heterocycles. The summed E-state index contributed by atoms with van der Waals surface area (Å²) in [6.07, 6.45) is -7.05. The Labute approximate surface area is 297 Å². The average Bonchev–Trinajstić information content (AvgIpc) is 3.51. The number of carboxylic acids is 1. The van der Waals surface area contributed by atoms with Crippen LogP contribution in [0.4, 0.5) is 0 Å². The first-order valence-corrected chi connectivity index (χ1v) is 16.7. The number of likely N-dealkylation sites (tertiary alicyclic amines) is 1. The average molecular weight is 716 g/mol. The van der Waals surface area contributed by atoms with Crippen molar-refractivity contribution in [3.05, 3.63) is 107 Å². The van der Waals surface area contributed by atoms with E-state index in [2.05, 4.69) is 4.90 Å². The minimum absolute atomic E-state index is 0.0185. The third-order valence-electron chi connectivity index (χ3n) is 10.7. The van der Waals surface area contributed by atoms with E-state index in [1.807, 2.05) is 13.1 Å². The van der Waals surface area contributed by atoms with Gasteiger partial charge in [-0.1, -0.05) is 66.7 Å². The number of likely N-dealkylation sites (N-methyl/N-ethyl adjacent to an activating group) is 1. The maximum absolute atomic E-state index is 13.4. The van der Waals surface area contributed by atoms with E-state index >= 15 is 0 Å². The van der Waals surface area contributed by atoms with Crippen molar-refractivity contribution >= 4 is 23.9 Å². The fourth-order valence-corrected chi connectivity index (χ4v) is 8.15. The van der Waals surface area contributed by atoms with Gasteiger partial charge in [-0.25, -0.2) is 19.2 Å². The minimum Gasteiger partial charge on any atom is -0.493 e. The number of hydrogen-bond donors (Lipinski definition) is 4. The van der Waals surface area contributed by atoms with Crippen molar-refractivity contribution < 1.29 is 63.3 Å². The van der Waals surface area contributed by atoms with Gasteiger partial charge in [0.15, 0.2) is 29.8 Å². The Kier molecular flexibility index (Phi) is 9.03. The largest absolute Gasteiger partial charge is 0.493 e. The second-order valence-corrected chi connectivity index (χ2v) is 13.4. The molecule has 14 nitrogen and oxygen atoms in total. The summed E-state index contributed by atoms with van der Waals surface area (Å²) in [7, 11) is 3.44. The van der Waals surface area contributed by atoms with Gasteiger partial charge in [0.1, 0.15) is 5.76 Å². The van der Waals surface area contributed by atoms with E-state index in [1.54, 1.807) is 30.3 Å². The monoisotopic (exact) mass is 715 g/mol. The van der Waals surface area contributed by atoms with Crippen LogP contribution in [0, 0.1) is 0 Å². The summed E-state index contributed by atoms with van der Waals surface area (Å²) >= 11 is 0. The van der Waals surface area contributed by atoms with E-state index in [4.69, 9.17) is 23.7 Å². The molecule has 0 radical (unpaired) electrons. The number of aliphatic hydroxyl groups is 3. The van der Waals surface area contributed by atoms with Crippen molar-refractivity contribution in [3.63, 3.8) is 0 Å². The van der Waals surface area contributed by atoms with Crippen molar-refractivity contribution in [2.45, 2.75) is 66.8 Å². The van der Waals surface area contributed by atoms with Gasteiger partial charge in [-0.2, -0.15) is 0 Å². The molecule has 2 heterocycles. The Hall–Kier alpha value is -5.28. The first-order chi connectivity index (χ1) is 24.9. The molecule has 3 aromatic rings. The maximum atomic E-state index is 13.4. The number of aliphatic carboxylic acids is 1. The standard InChI is InChI=1S/C38H37NO13/c1-39-18-17-37-26-22-13-14-23(48-2)31(26)50-32(37)24(15-16-38(37,47)25(39)19-22)49-34(44)27(40)28(41)35(45)52-30(21-11-7-4-8-12-21)36(46)51-29(33(42)43)20-9-5-3-6-10-20/h3-15,25,27-30,32,40-41,47H,16-19H2,1-2H3,(H,42,43)/t25-,27+,28+,29-,30-,32-,37-,38+/m0/s1. The van der Waals surface area contributed by atoms with Crippen LogP contribution in [0.5, 0.6) is 11.5 Å². The number of esters is 3. The van der Waals surface area contributed by atoms with Crippen LogP contribution in [0.3, 0.4) is 0 Å². The second kappa shape index (κ2) is 13.4. The number of nitrogens with zero attached hydrogens (tertiary/aromatic N) is 1. The summed E-state index contributed by atoms with van der Waals surface area (Å²) in [5, 5.41) is 43.8. The third-order valence-corrected chi connectivity index (χ3v) is 10.7. The molecule has 52 heavy (non-hydrogen) atoms. The molecule has 7 rings (SSSR count). The van der Waals surface area contributed by atoms with Crippen molar-refractivity contribution in [2.75, 3.05) is 20.7 Å². The zero-order valence-corrected chi connectivity index (χ0v) is 28.2. The molecule has 8 atom stereocenters. The van der Waals surface area contributed by atoms with Gasteiger partial charge in [-0.05, 0) is 44.1 Å². The Morgan fingerprint density at radius 3 is 2.12 bits per heavy atom. The van der Waals surface area contributed by atoms with Crippen molar-refractivity contribution in [2.24, 2.45) is 0 Å². The third kappa shape index (κ3) is 5.50. The van der Waals surface area contributed by atoms with E-state index in [1.165, 1.54) is 49.6 Å². The maximum Gasteiger partial charge on any atom is 0.353 e. The molecule has 1 fully saturated rings. The molecule has 0 saturated carbocycles. The summed E-state index contributed by atoms with van der Waals surface area (Å²) in [5.41, 5.74) is -0.360. The Bertz CT molecular complexity index is 1930. The van der Waals surface area contributed by atoms with Gasteiger partial charge in [0.2, 0.25) is 12.2 Å². The lowest BCUT2D eigenvalue weighted by atomic mass is 9.50. The Morgan fingerprint density at radius 2 is 1.48 bits per heavy atom. The van der Waals surface area contributed by atoms with Gasteiger partial charge in [0, 0.05) is 29.2 Å². The highest BCUT2D eigenvalue weighted by atomic mass is 16.6. The van der Waals surface area contributed by atoms with Crippen LogP contribution >= 0.6 is 0 Å². The second-order valence-electron chi connectivity index (χ2n) is 13.4. The SMILES string of the molecule is COc1ccc2c3c1O[C@H]1C(OC(=O)[C@H](O)[C@@H](O)C(=O)O[C@H](C(=O)O[C@H](C(=O)O)c4ccccc4)c4ccccc4)=CC[C@@]4(O)[C@H](C2)N(C)CC[C@]314. The Morgan fingerprint density at radius 1 is 0.865 bits per heavy atom. The first-order valence-electron chi connectivity index (χ1n) is 16.7. The topological polar surface area (TPSA) is 199 Å². The summed E-state index contributed by atoms with van der Waals surface area (Å²) < 4.78 is 28.2. The van der Waals surface area contributed by atoms with Crippen LogP contribution in [0.15, 0.2) is 84.6 Å². The lowest BCUT2D eigenvalue weighted by Crippen LogP contribution is -2.74. The Balaban J connectivity index is 1.10. The summed E-state index contributed by atoms with van der Waals surface area (Å²) in [6, 6.07) is 18.6. The highest BCUT2D eigenvalue weighted by molar-refractivity contribution is 5.88. The number of carbonyl (C=O) groups is 4. The van der Waals surface area contributed by atoms with Crippen LogP contribution in [0.25, 0.3) is 0 Å². The molecule has 2 aliphatic carbocycles. The number of benzene rings is 3. The number of methoxy groups -OCH3 is 1. The quantitative estimate of drug-likeness (QED) is 0.166. The van der Waals surface area contributed by atoms with E-state index in [0.717, 1.165) is 11.1 Å². The minimum atomic E-state index is -2.54. The molecule has 3 aromatic carbocycles. The van der Waals surface area contributed by atoms with Gasteiger partial charge in [0.25, 0.3) is 0 Å². The molecule has 272 valence electrons. The number of aliphatic hydroxyl groups excluding tert-OH is 2. The number of rotatable bonds is 11. The fraction of sp³-hybridized carbons (Fsp3) is 0.368. The molecule has 14 heteroatoms. The van der Waals surface area contributed by atoms with Crippen molar-refractivity contribution in [3.8, 4) is 11.5 Å². The lowest BCUT2D eigenvalue weighted by molar-refractivity contribution is -0.187. The highest BCUT2D eigenvalue weighted by Crippen LogP contribution is 2.65. The number of hydrogen-bond acceptors (Lipinski definition) is 13. The van der Waals surface area contributed by atoms with E-state index in [-0.39, 0.29) is 29.3 Å². The van der Waals surface area contributed by atoms with Crippen molar-refractivity contribution in [1.82, 2.24) is 4.90 Å². The predicted octanol–water partition coefficient (Wildman–Crippen LogP) is 1.89. The number of ether oxygens (including phenoxy) is 5. The normalized spacial score (nSPS) is 26.3. The molecule has 4 N–H and O–H groups in total. The molecule has 0 unspecified atom stereocenters. The van der Waals surface area contributed by atoms with E-state index in [9.17, 15) is 39.6 Å². The number of carboxylic acid groups (broad SMARTS) is 1. The van der Waals surface area contributed by atoms with Crippen LogP contribution < -0.4 is 9.47 Å². The first kappa shape index (κ1) is 35.1. The van der Waals surface area contributed by atoms with Crippen LogP contribution in [0.1, 0.15) is 47.3 Å². The van der Waals surface area contributed by atoms with E-state index in [0.29, 0.717) is 30.9 Å². The zero-order valence-electron chi connectivity index (χ0n) is 28.2. The molecule has 2 aliphatic heterocycles. The smallest absolute Gasteiger partial charge is 0.353 e. The zero-order chi connectivity index (χ0) is 36.9. The fourth-order valence-electron chi connectivity index (χ4n) is 8.15. The molecule has 4 aliphatic rings. The lowest BCUT2D eigenvalue weighted by Gasteiger charge is -2.61. The van der Waals surface area contributed by atoms with Gasteiger partial charge >= 0.3 is 23.9 Å². The predicted molar refractivity (Wildman–Crippen MR) is 178 cm³/mol. The van der Waals surface area contributed by atoms with Crippen LogP contribution in [-0.2, 0) is 45.2 Å². The van der Waals surface area contributed by atoms with Gasteiger partial charge in [0.05, 0.1) is 18.1 Å². The molecule has 2 bridgehead atoms. The van der Waals surface area contributed by atoms with Gasteiger partial charge in [-0.3, -0.25) is 0 Å². The summed E-state index contributed by atoms with van der Waals surface area (Å²) in [4.78, 5) is 54.0. The highest BCUT2D eigenvalue weighted by Gasteiger charge is 2.72. The number of piperidine rings is 1. The number of carbonyl (C=O) groups excluding carboxylic acids is 3. The van der Waals surface area contributed by atoms with Gasteiger partial charge in [-0.15, -0.1) is 0 Å². The van der Waals surface area contributed by atoms with Crippen molar-refractivity contribution in [1.29, 1.82) is 0 Å². The van der Waals surface area contributed by atoms with Gasteiger partial charge < -0.3 is 49.0 Å². The molecule has 0 amide bonds. The van der Waals surface area contributed by atoms with E-state index < -0.39 is 65.4 Å². The molecular formula is C38H37NO13.